The lowest BCUT2D eigenvalue weighted by Crippen LogP contribution is -2.07. The standard InChI is InChI=1S/C20H20O/c1-13-7-6-8-14(2)18(13)20(21)19-15(3)11-12-16-9-4-5-10-17(16)19/h4-12,20-21H,1-3H3. The molecule has 106 valence electrons. The summed E-state index contributed by atoms with van der Waals surface area (Å²) in [5.74, 6) is 0. The third-order valence-corrected chi connectivity index (χ3v) is 4.28. The molecule has 3 aromatic rings. The highest BCUT2D eigenvalue weighted by Crippen LogP contribution is 2.34. The molecule has 0 saturated heterocycles. The normalized spacial score (nSPS) is 12.6. The van der Waals surface area contributed by atoms with Crippen LogP contribution in [0.2, 0.25) is 0 Å². The van der Waals surface area contributed by atoms with E-state index in [1.165, 1.54) is 5.39 Å². The molecule has 0 radical (unpaired) electrons. The van der Waals surface area contributed by atoms with Gasteiger partial charge in [0.2, 0.25) is 0 Å². The predicted octanol–water partition coefficient (Wildman–Crippen LogP) is 4.85. The van der Waals surface area contributed by atoms with Gasteiger partial charge in [-0.15, -0.1) is 0 Å². The number of aryl methyl sites for hydroxylation is 3. The van der Waals surface area contributed by atoms with E-state index < -0.39 is 6.10 Å². The first-order valence-corrected chi connectivity index (χ1v) is 7.32. The zero-order valence-electron chi connectivity index (χ0n) is 12.7. The number of rotatable bonds is 2. The molecule has 0 spiro atoms. The zero-order valence-corrected chi connectivity index (χ0v) is 12.7. The largest absolute Gasteiger partial charge is 0.384 e. The van der Waals surface area contributed by atoms with Crippen LogP contribution in [0.4, 0.5) is 0 Å². The maximum Gasteiger partial charge on any atom is 0.105 e. The van der Waals surface area contributed by atoms with E-state index in [-0.39, 0.29) is 0 Å². The second-order valence-corrected chi connectivity index (χ2v) is 5.73. The Hall–Kier alpha value is -2.12. The molecule has 0 heterocycles. The molecule has 3 aromatic carbocycles. The first-order valence-electron chi connectivity index (χ1n) is 7.32. The molecular weight excluding hydrogens is 256 g/mol. The van der Waals surface area contributed by atoms with Crippen LogP contribution in [0.3, 0.4) is 0 Å². The van der Waals surface area contributed by atoms with Gasteiger partial charge in [-0.1, -0.05) is 54.6 Å². The molecule has 1 unspecified atom stereocenters. The van der Waals surface area contributed by atoms with Crippen LogP contribution in [-0.2, 0) is 0 Å². The topological polar surface area (TPSA) is 20.2 Å². The maximum absolute atomic E-state index is 11.0. The van der Waals surface area contributed by atoms with E-state index in [1.54, 1.807) is 0 Å². The first-order chi connectivity index (χ1) is 10.1. The van der Waals surface area contributed by atoms with Crippen molar-refractivity contribution >= 4 is 10.8 Å². The molecule has 0 fully saturated rings. The highest BCUT2D eigenvalue weighted by atomic mass is 16.3. The summed E-state index contributed by atoms with van der Waals surface area (Å²) < 4.78 is 0. The molecule has 0 saturated carbocycles. The lowest BCUT2D eigenvalue weighted by atomic mass is 9.88. The minimum atomic E-state index is -0.586. The maximum atomic E-state index is 11.0. The van der Waals surface area contributed by atoms with Crippen molar-refractivity contribution < 1.29 is 5.11 Å². The summed E-state index contributed by atoms with van der Waals surface area (Å²) in [6.45, 7) is 6.19. The van der Waals surface area contributed by atoms with Gasteiger partial charge < -0.3 is 5.11 Å². The summed E-state index contributed by atoms with van der Waals surface area (Å²) in [5, 5.41) is 13.3. The van der Waals surface area contributed by atoms with Gasteiger partial charge in [0.1, 0.15) is 6.10 Å². The smallest absolute Gasteiger partial charge is 0.105 e. The summed E-state index contributed by atoms with van der Waals surface area (Å²) in [6.07, 6.45) is -0.586. The molecule has 1 heteroatoms. The molecule has 1 atom stereocenters. The van der Waals surface area contributed by atoms with Gasteiger partial charge in [0.15, 0.2) is 0 Å². The highest BCUT2D eigenvalue weighted by molar-refractivity contribution is 5.87. The van der Waals surface area contributed by atoms with E-state index in [2.05, 4.69) is 57.2 Å². The molecular formula is C20H20O. The Morgan fingerprint density at radius 1 is 0.667 bits per heavy atom. The Labute approximate surface area is 125 Å². The fraction of sp³-hybridized carbons (Fsp3) is 0.200. The zero-order chi connectivity index (χ0) is 15.0. The molecule has 0 aliphatic heterocycles. The third kappa shape index (κ3) is 2.34. The molecule has 0 bridgehead atoms. The summed E-state index contributed by atoms with van der Waals surface area (Å²) >= 11 is 0. The Bertz CT molecular complexity index is 782. The Kier molecular flexibility index (Phi) is 3.52. The third-order valence-electron chi connectivity index (χ3n) is 4.28. The van der Waals surface area contributed by atoms with Gasteiger partial charge in [0, 0.05) is 0 Å². The van der Waals surface area contributed by atoms with Crippen LogP contribution in [0, 0.1) is 20.8 Å². The first kappa shape index (κ1) is 13.8. The summed E-state index contributed by atoms with van der Waals surface area (Å²) in [5.41, 5.74) is 5.44. The van der Waals surface area contributed by atoms with Crippen LogP contribution >= 0.6 is 0 Å². The number of hydrogen-bond acceptors (Lipinski definition) is 1. The van der Waals surface area contributed by atoms with Gasteiger partial charge in [-0.3, -0.25) is 0 Å². The molecule has 1 nitrogen and oxygen atoms in total. The van der Waals surface area contributed by atoms with Crippen molar-refractivity contribution in [1.82, 2.24) is 0 Å². The van der Waals surface area contributed by atoms with Crippen LogP contribution in [0.5, 0.6) is 0 Å². The number of aliphatic hydroxyl groups excluding tert-OH is 1. The number of aliphatic hydroxyl groups is 1. The van der Waals surface area contributed by atoms with E-state index in [1.807, 2.05) is 18.2 Å². The van der Waals surface area contributed by atoms with E-state index in [4.69, 9.17) is 0 Å². The van der Waals surface area contributed by atoms with E-state index in [0.29, 0.717) is 0 Å². The van der Waals surface area contributed by atoms with E-state index in [0.717, 1.165) is 33.2 Å². The van der Waals surface area contributed by atoms with Crippen LogP contribution in [-0.4, -0.2) is 5.11 Å². The van der Waals surface area contributed by atoms with Crippen molar-refractivity contribution in [3.05, 3.63) is 82.4 Å². The molecule has 0 aromatic heterocycles. The van der Waals surface area contributed by atoms with Gasteiger partial charge in [-0.2, -0.15) is 0 Å². The lowest BCUT2D eigenvalue weighted by molar-refractivity contribution is 0.219. The molecule has 21 heavy (non-hydrogen) atoms. The SMILES string of the molecule is Cc1cccc(C)c1C(O)c1c(C)ccc2ccccc12. The minimum absolute atomic E-state index is 0.586. The van der Waals surface area contributed by atoms with Crippen LogP contribution in [0.25, 0.3) is 10.8 Å². The predicted molar refractivity (Wildman–Crippen MR) is 88.7 cm³/mol. The van der Waals surface area contributed by atoms with Crippen LogP contribution < -0.4 is 0 Å². The Morgan fingerprint density at radius 3 is 2.00 bits per heavy atom. The average Bonchev–Trinajstić information content (AvgIpc) is 2.46. The molecule has 3 rings (SSSR count). The monoisotopic (exact) mass is 276 g/mol. The summed E-state index contributed by atoms with van der Waals surface area (Å²) in [6, 6.07) is 18.6. The second kappa shape index (κ2) is 5.34. The number of fused-ring (bicyclic) bond motifs is 1. The van der Waals surface area contributed by atoms with Crippen molar-refractivity contribution in [3.63, 3.8) is 0 Å². The van der Waals surface area contributed by atoms with Crippen molar-refractivity contribution in [2.45, 2.75) is 26.9 Å². The van der Waals surface area contributed by atoms with Crippen LogP contribution in [0.15, 0.2) is 54.6 Å². The Morgan fingerprint density at radius 2 is 1.29 bits per heavy atom. The van der Waals surface area contributed by atoms with Gasteiger partial charge in [0.05, 0.1) is 0 Å². The molecule has 0 aliphatic rings. The highest BCUT2D eigenvalue weighted by Gasteiger charge is 2.19. The fourth-order valence-electron chi connectivity index (χ4n) is 3.17. The second-order valence-electron chi connectivity index (χ2n) is 5.73. The van der Waals surface area contributed by atoms with Crippen molar-refractivity contribution in [1.29, 1.82) is 0 Å². The lowest BCUT2D eigenvalue weighted by Gasteiger charge is -2.20. The van der Waals surface area contributed by atoms with Crippen molar-refractivity contribution in [2.75, 3.05) is 0 Å². The van der Waals surface area contributed by atoms with Crippen LogP contribution in [0.1, 0.15) is 33.9 Å². The molecule has 0 amide bonds. The van der Waals surface area contributed by atoms with E-state index in [9.17, 15) is 5.11 Å². The average molecular weight is 276 g/mol. The minimum Gasteiger partial charge on any atom is -0.384 e. The van der Waals surface area contributed by atoms with Gasteiger partial charge in [-0.05, 0) is 59.4 Å². The summed E-state index contributed by atoms with van der Waals surface area (Å²) in [4.78, 5) is 0. The van der Waals surface area contributed by atoms with Gasteiger partial charge in [0.25, 0.3) is 0 Å². The fourth-order valence-corrected chi connectivity index (χ4v) is 3.17. The van der Waals surface area contributed by atoms with Crippen molar-refractivity contribution in [2.24, 2.45) is 0 Å². The van der Waals surface area contributed by atoms with Gasteiger partial charge in [-0.25, -0.2) is 0 Å². The summed E-state index contributed by atoms with van der Waals surface area (Å²) in [7, 11) is 0. The number of benzene rings is 3. The van der Waals surface area contributed by atoms with Crippen molar-refractivity contribution in [3.8, 4) is 0 Å². The molecule has 0 aliphatic carbocycles. The number of hydrogen-bond donors (Lipinski definition) is 1. The van der Waals surface area contributed by atoms with E-state index >= 15 is 0 Å². The quantitative estimate of drug-likeness (QED) is 0.709. The molecule has 1 N–H and O–H groups in total. The van der Waals surface area contributed by atoms with Gasteiger partial charge >= 0.3 is 0 Å². The Balaban J connectivity index is 2.27.